The van der Waals surface area contributed by atoms with Crippen LogP contribution in [-0.4, -0.2) is 22.1 Å². The number of amides is 1. The molecule has 0 atom stereocenters. The van der Waals surface area contributed by atoms with E-state index in [2.05, 4.69) is 9.84 Å². The van der Waals surface area contributed by atoms with E-state index in [0.717, 1.165) is 22.4 Å². The summed E-state index contributed by atoms with van der Waals surface area (Å²) in [5.74, 6) is -1.31. The van der Waals surface area contributed by atoms with Crippen molar-refractivity contribution in [1.29, 1.82) is 0 Å². The number of benzene rings is 2. The molecule has 0 unspecified atom stereocenters. The van der Waals surface area contributed by atoms with E-state index in [1.54, 1.807) is 12.1 Å². The molecular formula is C18H15F3N4O2. The zero-order valence-electron chi connectivity index (χ0n) is 14.1. The third kappa shape index (κ3) is 3.86. The highest BCUT2D eigenvalue weighted by molar-refractivity contribution is 6.03. The monoisotopic (exact) mass is 376 g/mol. The number of halogens is 3. The highest BCUT2D eigenvalue weighted by Crippen LogP contribution is 2.31. The molecule has 3 aromatic rings. The average Bonchev–Trinajstić information content (AvgIpc) is 2.92. The van der Waals surface area contributed by atoms with Gasteiger partial charge in [-0.3, -0.25) is 4.79 Å². The zero-order chi connectivity index (χ0) is 19.8. The van der Waals surface area contributed by atoms with Gasteiger partial charge in [0.2, 0.25) is 0 Å². The third-order valence-corrected chi connectivity index (χ3v) is 3.79. The molecule has 0 spiro atoms. The van der Waals surface area contributed by atoms with Crippen molar-refractivity contribution in [2.45, 2.75) is 13.3 Å². The standard InChI is InChI=1S/C18H15F3N4O2/c1-10-5-7-11(8-6-10)15-14(17(23)26)16(22)25(24-15)12-3-2-4-13(9-12)27-18(19,20)21/h2-9H,22H2,1H3,(H2,23,26). The smallest absolute Gasteiger partial charge is 0.406 e. The number of hydrogen-bond donors (Lipinski definition) is 2. The van der Waals surface area contributed by atoms with Crippen LogP contribution in [0.3, 0.4) is 0 Å². The van der Waals surface area contributed by atoms with E-state index in [4.69, 9.17) is 11.5 Å². The molecule has 4 N–H and O–H groups in total. The number of hydrogen-bond acceptors (Lipinski definition) is 4. The second kappa shape index (κ2) is 6.67. The van der Waals surface area contributed by atoms with E-state index >= 15 is 0 Å². The molecular weight excluding hydrogens is 361 g/mol. The summed E-state index contributed by atoms with van der Waals surface area (Å²) in [4.78, 5) is 11.9. The van der Waals surface area contributed by atoms with Crippen LogP contribution in [0, 0.1) is 6.92 Å². The van der Waals surface area contributed by atoms with Crippen LogP contribution < -0.4 is 16.2 Å². The molecule has 0 bridgehead atoms. The molecule has 27 heavy (non-hydrogen) atoms. The first-order chi connectivity index (χ1) is 12.7. The van der Waals surface area contributed by atoms with Gasteiger partial charge in [-0.2, -0.15) is 5.10 Å². The number of aryl methyl sites for hydroxylation is 1. The molecule has 0 aliphatic heterocycles. The minimum atomic E-state index is -4.83. The summed E-state index contributed by atoms with van der Waals surface area (Å²) in [6.07, 6.45) is -4.83. The summed E-state index contributed by atoms with van der Waals surface area (Å²) >= 11 is 0. The number of nitrogen functional groups attached to an aromatic ring is 1. The van der Waals surface area contributed by atoms with Crippen LogP contribution in [0.25, 0.3) is 16.9 Å². The van der Waals surface area contributed by atoms with Crippen LogP contribution in [0.1, 0.15) is 15.9 Å². The predicted octanol–water partition coefficient (Wildman–Crippen LogP) is 3.43. The second-order valence-electron chi connectivity index (χ2n) is 5.80. The summed E-state index contributed by atoms with van der Waals surface area (Å²) in [7, 11) is 0. The number of carbonyl (C=O) groups excluding carboxylic acids is 1. The van der Waals surface area contributed by atoms with Crippen LogP contribution >= 0.6 is 0 Å². The van der Waals surface area contributed by atoms with Gasteiger partial charge in [0.15, 0.2) is 0 Å². The van der Waals surface area contributed by atoms with Crippen molar-refractivity contribution in [3.63, 3.8) is 0 Å². The summed E-state index contributed by atoms with van der Waals surface area (Å²) < 4.78 is 42.4. The van der Waals surface area contributed by atoms with Crippen LogP contribution in [0.2, 0.25) is 0 Å². The minimum Gasteiger partial charge on any atom is -0.406 e. The molecule has 0 saturated carbocycles. The van der Waals surface area contributed by atoms with E-state index < -0.39 is 18.0 Å². The molecule has 1 heterocycles. The zero-order valence-corrected chi connectivity index (χ0v) is 14.1. The van der Waals surface area contributed by atoms with Gasteiger partial charge in [0, 0.05) is 11.6 Å². The normalized spacial score (nSPS) is 11.4. The fourth-order valence-electron chi connectivity index (χ4n) is 2.60. The van der Waals surface area contributed by atoms with Crippen LogP contribution in [0.4, 0.5) is 19.0 Å². The number of primary amides is 1. The Morgan fingerprint density at radius 3 is 2.41 bits per heavy atom. The van der Waals surface area contributed by atoms with Gasteiger partial charge in [0.05, 0.1) is 5.69 Å². The fraction of sp³-hybridized carbons (Fsp3) is 0.111. The maximum absolute atomic E-state index is 12.5. The van der Waals surface area contributed by atoms with E-state index in [9.17, 15) is 18.0 Å². The Labute approximate surface area is 152 Å². The molecule has 0 aliphatic carbocycles. The quantitative estimate of drug-likeness (QED) is 0.729. The summed E-state index contributed by atoms with van der Waals surface area (Å²) in [6.45, 7) is 1.90. The van der Waals surface area contributed by atoms with Crippen LogP contribution in [-0.2, 0) is 0 Å². The molecule has 3 rings (SSSR count). The second-order valence-corrected chi connectivity index (χ2v) is 5.80. The van der Waals surface area contributed by atoms with Crippen LogP contribution in [0.5, 0.6) is 5.75 Å². The molecule has 0 saturated heterocycles. The molecule has 0 aliphatic rings. The van der Waals surface area contributed by atoms with Crippen LogP contribution in [0.15, 0.2) is 48.5 Å². The fourth-order valence-corrected chi connectivity index (χ4v) is 2.60. The number of rotatable bonds is 4. The molecule has 0 radical (unpaired) electrons. The van der Waals surface area contributed by atoms with Crippen molar-refractivity contribution in [3.05, 3.63) is 59.7 Å². The average molecular weight is 376 g/mol. The number of ether oxygens (including phenoxy) is 1. The van der Waals surface area contributed by atoms with Crippen molar-refractivity contribution in [2.75, 3.05) is 5.73 Å². The van der Waals surface area contributed by atoms with Crippen molar-refractivity contribution in [3.8, 4) is 22.7 Å². The van der Waals surface area contributed by atoms with E-state index in [1.165, 1.54) is 12.1 Å². The van der Waals surface area contributed by atoms with Gasteiger partial charge in [0.1, 0.15) is 22.8 Å². The Kier molecular flexibility index (Phi) is 4.52. The first-order valence-electron chi connectivity index (χ1n) is 7.77. The first kappa shape index (κ1) is 18.3. The summed E-state index contributed by atoms with van der Waals surface area (Å²) in [5.41, 5.74) is 13.5. The highest BCUT2D eigenvalue weighted by atomic mass is 19.4. The molecule has 140 valence electrons. The lowest BCUT2D eigenvalue weighted by Crippen LogP contribution is -2.17. The molecule has 1 aromatic heterocycles. The molecule has 2 aromatic carbocycles. The van der Waals surface area contributed by atoms with Crippen molar-refractivity contribution in [2.24, 2.45) is 5.73 Å². The van der Waals surface area contributed by atoms with E-state index in [0.29, 0.717) is 5.56 Å². The lowest BCUT2D eigenvalue weighted by atomic mass is 10.1. The SMILES string of the molecule is Cc1ccc(-c2nn(-c3cccc(OC(F)(F)F)c3)c(N)c2C(N)=O)cc1. The predicted molar refractivity (Wildman–Crippen MR) is 93.4 cm³/mol. The Balaban J connectivity index is 2.12. The van der Waals surface area contributed by atoms with Gasteiger partial charge in [-0.25, -0.2) is 4.68 Å². The maximum Gasteiger partial charge on any atom is 0.573 e. The van der Waals surface area contributed by atoms with Crippen molar-refractivity contribution in [1.82, 2.24) is 9.78 Å². The number of aromatic nitrogens is 2. The van der Waals surface area contributed by atoms with Crippen molar-refractivity contribution < 1.29 is 22.7 Å². The third-order valence-electron chi connectivity index (χ3n) is 3.79. The number of nitrogens with two attached hydrogens (primary N) is 2. The van der Waals surface area contributed by atoms with Gasteiger partial charge < -0.3 is 16.2 Å². The van der Waals surface area contributed by atoms with Gasteiger partial charge >= 0.3 is 6.36 Å². The minimum absolute atomic E-state index is 0.0130. The first-order valence-corrected chi connectivity index (χ1v) is 7.77. The van der Waals surface area contributed by atoms with E-state index in [-0.39, 0.29) is 22.8 Å². The molecule has 9 heteroatoms. The van der Waals surface area contributed by atoms with E-state index in [1.807, 2.05) is 19.1 Å². The van der Waals surface area contributed by atoms with Gasteiger partial charge in [0.25, 0.3) is 5.91 Å². The lowest BCUT2D eigenvalue weighted by molar-refractivity contribution is -0.274. The molecule has 6 nitrogen and oxygen atoms in total. The largest absolute Gasteiger partial charge is 0.573 e. The van der Waals surface area contributed by atoms with Gasteiger partial charge in [-0.15, -0.1) is 13.2 Å². The Bertz CT molecular complexity index is 995. The number of nitrogens with zero attached hydrogens (tertiary/aromatic N) is 2. The Morgan fingerprint density at radius 2 is 1.81 bits per heavy atom. The molecule has 0 fully saturated rings. The maximum atomic E-state index is 12.5. The van der Waals surface area contributed by atoms with Crippen molar-refractivity contribution >= 4 is 11.7 Å². The highest BCUT2D eigenvalue weighted by Gasteiger charge is 2.31. The topological polar surface area (TPSA) is 96.2 Å². The lowest BCUT2D eigenvalue weighted by Gasteiger charge is -2.10. The number of carbonyl (C=O) groups is 1. The van der Waals surface area contributed by atoms with Gasteiger partial charge in [-0.1, -0.05) is 35.9 Å². The summed E-state index contributed by atoms with van der Waals surface area (Å²) in [6, 6.07) is 12.2. The number of anilines is 1. The number of alkyl halides is 3. The Hall–Kier alpha value is -3.49. The summed E-state index contributed by atoms with van der Waals surface area (Å²) in [5, 5.41) is 4.29. The molecule has 1 amide bonds. The Morgan fingerprint density at radius 1 is 1.15 bits per heavy atom. The van der Waals surface area contributed by atoms with Gasteiger partial charge in [-0.05, 0) is 19.1 Å².